The second-order valence-corrected chi connectivity index (χ2v) is 9.50. The molecule has 0 atom stereocenters. The number of para-hydroxylation sites is 2. The molecule has 35 heavy (non-hydrogen) atoms. The molecular weight excluding hydrogens is 471 g/mol. The molecule has 0 heterocycles. The summed E-state index contributed by atoms with van der Waals surface area (Å²) in [5.74, 6) is -0.00367. The topological polar surface area (TPSA) is 84.9 Å². The van der Waals surface area contributed by atoms with Gasteiger partial charge in [0.05, 0.1) is 24.3 Å². The van der Waals surface area contributed by atoms with Gasteiger partial charge in [-0.3, -0.25) is 9.10 Å². The smallest absolute Gasteiger partial charge is 0.264 e. The molecule has 186 valence electrons. The molecule has 0 aliphatic rings. The number of ether oxygens (including phenoxy) is 2. The maximum absolute atomic E-state index is 14.6. The van der Waals surface area contributed by atoms with Crippen LogP contribution < -0.4 is 19.1 Å². The summed E-state index contributed by atoms with van der Waals surface area (Å²) in [5, 5.41) is 2.74. The second-order valence-electron chi connectivity index (χ2n) is 7.63. The highest BCUT2D eigenvalue weighted by molar-refractivity contribution is 7.92. The number of nitrogens with zero attached hydrogens (tertiary/aromatic N) is 1. The number of hydrogen-bond donors (Lipinski definition) is 1. The number of rotatable bonds is 12. The normalized spacial score (nSPS) is 11.1. The molecule has 1 N–H and O–H groups in total. The number of hydrogen-bond acceptors (Lipinski definition) is 5. The first-order chi connectivity index (χ1) is 16.9. The molecule has 0 saturated carbocycles. The van der Waals surface area contributed by atoms with E-state index in [0.717, 1.165) is 21.7 Å². The number of anilines is 1. The fourth-order valence-corrected chi connectivity index (χ4v) is 4.96. The van der Waals surface area contributed by atoms with Crippen LogP contribution in [0.25, 0.3) is 0 Å². The number of carbonyl (C=O) groups excluding carboxylic acids is 1. The highest BCUT2D eigenvalue weighted by atomic mass is 32.2. The van der Waals surface area contributed by atoms with E-state index < -0.39 is 28.3 Å². The van der Waals surface area contributed by atoms with Gasteiger partial charge in [-0.15, -0.1) is 0 Å². The van der Waals surface area contributed by atoms with Crippen molar-refractivity contribution in [3.63, 3.8) is 0 Å². The van der Waals surface area contributed by atoms with Crippen LogP contribution in [-0.4, -0.2) is 41.1 Å². The Labute approximate surface area is 205 Å². The number of methoxy groups -OCH3 is 1. The molecule has 3 aromatic carbocycles. The van der Waals surface area contributed by atoms with Crippen molar-refractivity contribution < 1.29 is 27.1 Å². The van der Waals surface area contributed by atoms with E-state index in [9.17, 15) is 17.6 Å². The van der Waals surface area contributed by atoms with Crippen LogP contribution in [0, 0.1) is 5.82 Å². The van der Waals surface area contributed by atoms with Crippen molar-refractivity contribution >= 4 is 21.6 Å². The summed E-state index contributed by atoms with van der Waals surface area (Å²) >= 11 is 0. The van der Waals surface area contributed by atoms with Crippen LogP contribution in [0.3, 0.4) is 0 Å². The molecular formula is C26H29FN2O5S. The zero-order valence-electron chi connectivity index (χ0n) is 19.7. The van der Waals surface area contributed by atoms with Crippen molar-refractivity contribution in [3.05, 3.63) is 84.2 Å². The molecule has 0 aliphatic carbocycles. The van der Waals surface area contributed by atoms with Crippen LogP contribution in [0.4, 0.5) is 10.1 Å². The van der Waals surface area contributed by atoms with Crippen LogP contribution in [0.5, 0.6) is 11.5 Å². The number of benzene rings is 3. The zero-order valence-corrected chi connectivity index (χ0v) is 20.6. The van der Waals surface area contributed by atoms with E-state index in [4.69, 9.17) is 9.47 Å². The summed E-state index contributed by atoms with van der Waals surface area (Å²) in [6, 6.07) is 18.8. The molecule has 0 fully saturated rings. The van der Waals surface area contributed by atoms with E-state index in [1.807, 2.05) is 31.2 Å². The molecule has 1 amide bonds. The molecule has 0 spiro atoms. The highest BCUT2D eigenvalue weighted by Crippen LogP contribution is 2.27. The SMILES string of the molecule is CCOc1ccccc1CCCNC(=O)CN(c1ccccc1F)S(=O)(=O)c1ccc(OC)cc1. The first kappa shape index (κ1) is 26.0. The van der Waals surface area contributed by atoms with Gasteiger partial charge in [-0.1, -0.05) is 30.3 Å². The Morgan fingerprint density at radius 1 is 1.00 bits per heavy atom. The Morgan fingerprint density at radius 2 is 1.69 bits per heavy atom. The molecule has 7 nitrogen and oxygen atoms in total. The maximum atomic E-state index is 14.6. The molecule has 3 aromatic rings. The fraction of sp³-hybridized carbons (Fsp3) is 0.269. The first-order valence-corrected chi connectivity index (χ1v) is 12.7. The predicted octanol–water partition coefficient (Wildman–Crippen LogP) is 4.18. The van der Waals surface area contributed by atoms with Crippen molar-refractivity contribution in [1.29, 1.82) is 0 Å². The highest BCUT2D eigenvalue weighted by Gasteiger charge is 2.29. The molecule has 0 aromatic heterocycles. The summed E-state index contributed by atoms with van der Waals surface area (Å²) < 4.78 is 52.8. The number of carbonyl (C=O) groups is 1. The van der Waals surface area contributed by atoms with E-state index in [2.05, 4.69) is 5.32 Å². The molecule has 0 unspecified atom stereocenters. The van der Waals surface area contributed by atoms with E-state index >= 15 is 0 Å². The molecule has 9 heteroatoms. The van der Waals surface area contributed by atoms with Gasteiger partial charge in [-0.2, -0.15) is 0 Å². The van der Waals surface area contributed by atoms with Crippen LogP contribution in [0.1, 0.15) is 18.9 Å². The molecule has 3 rings (SSSR count). The number of aryl methyl sites for hydroxylation is 1. The average molecular weight is 501 g/mol. The van der Waals surface area contributed by atoms with Gasteiger partial charge in [-0.25, -0.2) is 12.8 Å². The van der Waals surface area contributed by atoms with Crippen molar-refractivity contribution in [1.82, 2.24) is 5.32 Å². The van der Waals surface area contributed by atoms with Crippen LogP contribution in [0.2, 0.25) is 0 Å². The van der Waals surface area contributed by atoms with Gasteiger partial charge in [0.2, 0.25) is 5.91 Å². The molecule has 0 aliphatic heterocycles. The summed E-state index contributed by atoms with van der Waals surface area (Å²) in [5.41, 5.74) is 0.822. The van der Waals surface area contributed by atoms with Gasteiger partial charge in [0, 0.05) is 6.54 Å². The van der Waals surface area contributed by atoms with Gasteiger partial charge in [0.15, 0.2) is 0 Å². The minimum Gasteiger partial charge on any atom is -0.497 e. The zero-order chi connectivity index (χ0) is 25.3. The Morgan fingerprint density at radius 3 is 2.37 bits per heavy atom. The summed E-state index contributed by atoms with van der Waals surface area (Å²) in [6.45, 7) is 2.23. The summed E-state index contributed by atoms with van der Waals surface area (Å²) in [6.07, 6.45) is 1.30. The lowest BCUT2D eigenvalue weighted by Crippen LogP contribution is -2.41. The minimum atomic E-state index is -4.22. The average Bonchev–Trinajstić information content (AvgIpc) is 2.87. The second kappa shape index (κ2) is 12.2. The third kappa shape index (κ3) is 6.73. The molecule has 0 saturated heterocycles. The quantitative estimate of drug-likeness (QED) is 0.377. The largest absolute Gasteiger partial charge is 0.497 e. The molecule has 0 radical (unpaired) electrons. The number of amides is 1. The number of nitrogens with one attached hydrogen (secondary N) is 1. The minimum absolute atomic E-state index is 0.0816. The summed E-state index contributed by atoms with van der Waals surface area (Å²) in [7, 11) is -2.75. The lowest BCUT2D eigenvalue weighted by atomic mass is 10.1. The van der Waals surface area contributed by atoms with Crippen molar-refractivity contribution in [2.45, 2.75) is 24.7 Å². The Kier molecular flexibility index (Phi) is 9.08. The monoisotopic (exact) mass is 500 g/mol. The fourth-order valence-electron chi connectivity index (χ4n) is 3.53. The van der Waals surface area contributed by atoms with Crippen molar-refractivity contribution in [2.75, 3.05) is 31.1 Å². The van der Waals surface area contributed by atoms with Gasteiger partial charge in [0.1, 0.15) is 23.9 Å². The van der Waals surface area contributed by atoms with Crippen LogP contribution >= 0.6 is 0 Å². The number of sulfonamides is 1. The lowest BCUT2D eigenvalue weighted by Gasteiger charge is -2.24. The summed E-state index contributed by atoms with van der Waals surface area (Å²) in [4.78, 5) is 12.6. The standard InChI is InChI=1S/C26H29FN2O5S/c1-3-34-25-13-7-4-9-20(25)10-8-18-28-26(30)19-29(24-12-6-5-11-23(24)27)35(31,32)22-16-14-21(33-2)15-17-22/h4-7,9,11-17H,3,8,10,18-19H2,1-2H3,(H,28,30). The third-order valence-corrected chi connectivity index (χ3v) is 7.05. The van der Waals surface area contributed by atoms with Gasteiger partial charge < -0.3 is 14.8 Å². The first-order valence-electron chi connectivity index (χ1n) is 11.3. The van der Waals surface area contributed by atoms with Crippen molar-refractivity contribution in [2.24, 2.45) is 0 Å². The number of halogens is 1. The lowest BCUT2D eigenvalue weighted by molar-refractivity contribution is -0.119. The van der Waals surface area contributed by atoms with Crippen LogP contribution in [-0.2, 0) is 21.2 Å². The van der Waals surface area contributed by atoms with E-state index in [-0.39, 0.29) is 10.6 Å². The Bertz CT molecular complexity index is 1230. The third-order valence-electron chi connectivity index (χ3n) is 5.27. The maximum Gasteiger partial charge on any atom is 0.264 e. The van der Waals surface area contributed by atoms with Gasteiger partial charge in [-0.05, 0) is 67.8 Å². The van der Waals surface area contributed by atoms with Gasteiger partial charge in [0.25, 0.3) is 10.0 Å². The van der Waals surface area contributed by atoms with Crippen molar-refractivity contribution in [3.8, 4) is 11.5 Å². The van der Waals surface area contributed by atoms with Crippen LogP contribution in [0.15, 0.2) is 77.7 Å². The molecule has 0 bridgehead atoms. The predicted molar refractivity (Wildman–Crippen MR) is 133 cm³/mol. The van der Waals surface area contributed by atoms with E-state index in [0.29, 0.717) is 31.7 Å². The Balaban J connectivity index is 1.71. The Hall–Kier alpha value is -3.59. The van der Waals surface area contributed by atoms with Gasteiger partial charge >= 0.3 is 0 Å². The van der Waals surface area contributed by atoms with E-state index in [1.165, 1.54) is 49.6 Å². The van der Waals surface area contributed by atoms with E-state index in [1.54, 1.807) is 0 Å².